The molecule has 0 saturated carbocycles. The van der Waals surface area contributed by atoms with E-state index in [1.807, 2.05) is 25.1 Å². The molecule has 1 amide bonds. The molecule has 5 nitrogen and oxygen atoms in total. The molecule has 6 heteroatoms. The summed E-state index contributed by atoms with van der Waals surface area (Å²) in [5.41, 5.74) is 0. The van der Waals surface area contributed by atoms with Gasteiger partial charge in [-0.05, 0) is 32.1 Å². The zero-order chi connectivity index (χ0) is 15.8. The molecule has 1 atom stereocenters. The van der Waals surface area contributed by atoms with Gasteiger partial charge in [-0.2, -0.15) is 5.26 Å². The van der Waals surface area contributed by atoms with Crippen LogP contribution < -0.4 is 0 Å². The standard InChI is InChI=1S/C15H18N2O3S/c1-11-5-6-13(21-11)7-8-14(18)20-12(2)15(19)17(3)10-4-9-16/h5-8,12H,4,10H2,1-3H3/b8-7+/t12-/m0/s1. The number of nitrogens with zero attached hydrogens (tertiary/aromatic N) is 2. The topological polar surface area (TPSA) is 70.4 Å². The Kier molecular flexibility index (Phi) is 6.63. The van der Waals surface area contributed by atoms with Gasteiger partial charge in [-0.15, -0.1) is 11.3 Å². The van der Waals surface area contributed by atoms with Crippen molar-refractivity contribution < 1.29 is 14.3 Å². The first-order valence-electron chi connectivity index (χ1n) is 6.51. The van der Waals surface area contributed by atoms with Crippen LogP contribution in [0, 0.1) is 18.3 Å². The van der Waals surface area contributed by atoms with Crippen molar-refractivity contribution in [1.82, 2.24) is 4.90 Å². The average Bonchev–Trinajstić information content (AvgIpc) is 2.87. The van der Waals surface area contributed by atoms with Crippen LogP contribution in [-0.4, -0.2) is 36.5 Å². The van der Waals surface area contributed by atoms with Crippen molar-refractivity contribution in [3.8, 4) is 6.07 Å². The van der Waals surface area contributed by atoms with Gasteiger partial charge in [0.1, 0.15) is 0 Å². The highest BCUT2D eigenvalue weighted by Gasteiger charge is 2.20. The quantitative estimate of drug-likeness (QED) is 0.597. The molecule has 21 heavy (non-hydrogen) atoms. The third-order valence-electron chi connectivity index (χ3n) is 2.72. The Morgan fingerprint density at radius 2 is 2.24 bits per heavy atom. The molecule has 0 aliphatic rings. The minimum absolute atomic E-state index is 0.251. The van der Waals surface area contributed by atoms with Crippen LogP contribution in [0.25, 0.3) is 6.08 Å². The first-order chi connectivity index (χ1) is 9.93. The number of ether oxygens (including phenoxy) is 1. The first-order valence-corrected chi connectivity index (χ1v) is 7.32. The van der Waals surface area contributed by atoms with Crippen LogP contribution in [0.5, 0.6) is 0 Å². The molecule has 1 rings (SSSR count). The number of likely N-dealkylation sites (N-methyl/N-ethyl adjacent to an activating group) is 1. The van der Waals surface area contributed by atoms with E-state index < -0.39 is 12.1 Å². The summed E-state index contributed by atoms with van der Waals surface area (Å²) in [6, 6.07) is 5.84. The molecule has 0 saturated heterocycles. The van der Waals surface area contributed by atoms with Crippen LogP contribution in [0.2, 0.25) is 0 Å². The molecule has 1 aromatic rings. The zero-order valence-corrected chi connectivity index (χ0v) is 13.1. The van der Waals surface area contributed by atoms with E-state index in [2.05, 4.69) is 0 Å². The maximum Gasteiger partial charge on any atom is 0.331 e. The monoisotopic (exact) mass is 306 g/mol. The van der Waals surface area contributed by atoms with E-state index in [1.54, 1.807) is 24.5 Å². The smallest absolute Gasteiger partial charge is 0.331 e. The van der Waals surface area contributed by atoms with Crippen molar-refractivity contribution in [3.63, 3.8) is 0 Å². The van der Waals surface area contributed by atoms with Crippen LogP contribution >= 0.6 is 11.3 Å². The van der Waals surface area contributed by atoms with Crippen LogP contribution in [0.4, 0.5) is 0 Å². The van der Waals surface area contributed by atoms with E-state index >= 15 is 0 Å². The molecule has 0 N–H and O–H groups in total. The third-order valence-corrected chi connectivity index (χ3v) is 3.69. The summed E-state index contributed by atoms with van der Waals surface area (Å²) in [4.78, 5) is 27.0. The molecule has 1 aromatic heterocycles. The predicted octanol–water partition coefficient (Wildman–Crippen LogP) is 2.37. The minimum atomic E-state index is -0.865. The van der Waals surface area contributed by atoms with Crippen LogP contribution in [0.15, 0.2) is 18.2 Å². The van der Waals surface area contributed by atoms with Crippen LogP contribution in [0.1, 0.15) is 23.1 Å². The molecule has 0 aliphatic carbocycles. The molecule has 0 fully saturated rings. The Bertz CT molecular complexity index is 572. The van der Waals surface area contributed by atoms with E-state index in [9.17, 15) is 9.59 Å². The number of hydrogen-bond donors (Lipinski definition) is 0. The Morgan fingerprint density at radius 3 is 2.81 bits per heavy atom. The number of nitriles is 1. The second-order valence-electron chi connectivity index (χ2n) is 4.53. The highest BCUT2D eigenvalue weighted by atomic mass is 32.1. The highest BCUT2D eigenvalue weighted by molar-refractivity contribution is 7.12. The lowest BCUT2D eigenvalue weighted by molar-refractivity contribution is -0.154. The van der Waals surface area contributed by atoms with Gasteiger partial charge in [-0.1, -0.05) is 0 Å². The van der Waals surface area contributed by atoms with E-state index in [0.717, 1.165) is 9.75 Å². The van der Waals surface area contributed by atoms with Crippen molar-refractivity contribution in [2.24, 2.45) is 0 Å². The van der Waals surface area contributed by atoms with Gasteiger partial charge < -0.3 is 9.64 Å². The van der Waals surface area contributed by atoms with Gasteiger partial charge in [0, 0.05) is 29.4 Å². The highest BCUT2D eigenvalue weighted by Crippen LogP contribution is 2.16. The summed E-state index contributed by atoms with van der Waals surface area (Å²) in [7, 11) is 1.58. The normalized spacial score (nSPS) is 11.9. The summed E-state index contributed by atoms with van der Waals surface area (Å²) in [5, 5.41) is 8.48. The summed E-state index contributed by atoms with van der Waals surface area (Å²) < 4.78 is 5.05. The van der Waals surface area contributed by atoms with Gasteiger partial charge in [0.25, 0.3) is 5.91 Å². The first kappa shape index (κ1) is 16.9. The molecule has 0 spiro atoms. The largest absolute Gasteiger partial charge is 0.449 e. The summed E-state index contributed by atoms with van der Waals surface area (Å²) in [6.45, 7) is 3.83. The average molecular weight is 306 g/mol. The fraction of sp³-hybridized carbons (Fsp3) is 0.400. The van der Waals surface area contributed by atoms with Gasteiger partial charge in [-0.25, -0.2) is 4.79 Å². The SMILES string of the molecule is Cc1ccc(/C=C/C(=O)O[C@@H](C)C(=O)N(C)CCC#N)s1. The molecule has 0 radical (unpaired) electrons. The van der Waals surface area contributed by atoms with E-state index in [0.29, 0.717) is 6.54 Å². The van der Waals surface area contributed by atoms with Gasteiger partial charge in [0.2, 0.25) is 0 Å². The number of rotatable bonds is 6. The maximum atomic E-state index is 11.9. The van der Waals surface area contributed by atoms with E-state index in [4.69, 9.17) is 10.00 Å². The number of carbonyl (C=O) groups excluding carboxylic acids is 2. The van der Waals surface area contributed by atoms with Crippen LogP contribution in [-0.2, 0) is 14.3 Å². The molecule has 112 valence electrons. The van der Waals surface area contributed by atoms with E-state index in [1.165, 1.54) is 17.9 Å². The number of aryl methyl sites for hydroxylation is 1. The second kappa shape index (κ2) is 8.22. The molecule has 0 bridgehead atoms. The number of thiophene rings is 1. The lowest BCUT2D eigenvalue weighted by Crippen LogP contribution is -2.37. The Morgan fingerprint density at radius 1 is 1.52 bits per heavy atom. The maximum absolute atomic E-state index is 11.9. The number of hydrogen-bond acceptors (Lipinski definition) is 5. The van der Waals surface area contributed by atoms with Gasteiger partial charge in [0.05, 0.1) is 12.5 Å². The Labute approximate surface area is 128 Å². The van der Waals surface area contributed by atoms with Gasteiger partial charge in [0.15, 0.2) is 6.10 Å². The molecule has 1 heterocycles. The fourth-order valence-electron chi connectivity index (χ4n) is 1.60. The molecular weight excluding hydrogens is 288 g/mol. The van der Waals surface area contributed by atoms with Crippen molar-refractivity contribution in [2.45, 2.75) is 26.4 Å². The number of amides is 1. The molecule has 0 aliphatic heterocycles. The number of esters is 1. The third kappa shape index (κ3) is 5.79. The predicted molar refractivity (Wildman–Crippen MR) is 81.5 cm³/mol. The molecular formula is C15H18N2O3S. The lowest BCUT2D eigenvalue weighted by atomic mass is 10.3. The molecule has 0 unspecified atom stereocenters. The Balaban J connectivity index is 2.48. The number of carbonyl (C=O) groups is 2. The van der Waals surface area contributed by atoms with Crippen molar-refractivity contribution in [2.75, 3.05) is 13.6 Å². The summed E-state index contributed by atoms with van der Waals surface area (Å²) in [5.74, 6) is -0.880. The summed E-state index contributed by atoms with van der Waals surface area (Å²) in [6.07, 6.45) is 2.36. The lowest BCUT2D eigenvalue weighted by Gasteiger charge is -2.19. The fourth-order valence-corrected chi connectivity index (χ4v) is 2.38. The van der Waals surface area contributed by atoms with Gasteiger partial charge in [-0.3, -0.25) is 4.79 Å². The van der Waals surface area contributed by atoms with Crippen molar-refractivity contribution >= 4 is 29.3 Å². The molecule has 0 aromatic carbocycles. The van der Waals surface area contributed by atoms with Gasteiger partial charge >= 0.3 is 5.97 Å². The summed E-state index contributed by atoms with van der Waals surface area (Å²) >= 11 is 1.57. The second-order valence-corrected chi connectivity index (χ2v) is 5.85. The van der Waals surface area contributed by atoms with Crippen molar-refractivity contribution in [1.29, 1.82) is 5.26 Å². The minimum Gasteiger partial charge on any atom is -0.449 e. The Hall–Kier alpha value is -2.13. The van der Waals surface area contributed by atoms with E-state index in [-0.39, 0.29) is 12.3 Å². The van der Waals surface area contributed by atoms with Crippen molar-refractivity contribution in [3.05, 3.63) is 28.0 Å². The van der Waals surface area contributed by atoms with Crippen LogP contribution in [0.3, 0.4) is 0 Å². The zero-order valence-electron chi connectivity index (χ0n) is 12.3.